The van der Waals surface area contributed by atoms with Gasteiger partial charge in [0.2, 0.25) is 0 Å². The minimum absolute atomic E-state index is 0.183. The van der Waals surface area contributed by atoms with Gasteiger partial charge in [-0.2, -0.15) is 0 Å². The van der Waals surface area contributed by atoms with Crippen LogP contribution in [0.2, 0.25) is 0 Å². The number of nitro groups is 1. The number of para-hydroxylation sites is 1. The maximum Gasteiger partial charge on any atom is 0.272 e. The quantitative estimate of drug-likeness (QED) is 0.634. The number of nitrogens with zero attached hydrogens (tertiary/aromatic N) is 1. The van der Waals surface area contributed by atoms with Gasteiger partial charge in [-0.1, -0.05) is 44.4 Å². The van der Waals surface area contributed by atoms with Crippen LogP contribution in [0.3, 0.4) is 0 Å². The molecule has 1 aromatic rings. The minimum atomic E-state index is -0.278. The van der Waals surface area contributed by atoms with E-state index in [1.54, 1.807) is 12.1 Å². The van der Waals surface area contributed by atoms with Gasteiger partial charge in [-0.05, 0) is 43.6 Å². The van der Waals surface area contributed by atoms with E-state index in [0.717, 1.165) is 24.3 Å². The number of hydrogen-bond acceptors (Lipinski definition) is 3. The van der Waals surface area contributed by atoms with Crippen molar-refractivity contribution in [3.8, 4) is 0 Å². The Kier molecular flexibility index (Phi) is 5.34. The Bertz CT molecular complexity index is 489. The highest BCUT2D eigenvalue weighted by atomic mass is 16.6. The van der Waals surface area contributed by atoms with E-state index in [1.165, 1.54) is 32.1 Å². The van der Waals surface area contributed by atoms with Gasteiger partial charge in [0.15, 0.2) is 0 Å². The van der Waals surface area contributed by atoms with Crippen molar-refractivity contribution < 1.29 is 4.92 Å². The molecule has 4 heteroatoms. The lowest BCUT2D eigenvalue weighted by atomic mass is 9.66. The topological polar surface area (TPSA) is 69.2 Å². The Balaban J connectivity index is 2.08. The Labute approximate surface area is 126 Å². The second-order valence-electron chi connectivity index (χ2n) is 6.46. The second-order valence-corrected chi connectivity index (χ2v) is 6.46. The zero-order valence-electron chi connectivity index (χ0n) is 12.9. The molecule has 2 rings (SSSR count). The fourth-order valence-electron chi connectivity index (χ4n) is 3.75. The van der Waals surface area contributed by atoms with Gasteiger partial charge in [-0.15, -0.1) is 0 Å². The van der Waals surface area contributed by atoms with Crippen LogP contribution in [0.5, 0.6) is 0 Å². The molecule has 0 saturated heterocycles. The molecule has 116 valence electrons. The van der Waals surface area contributed by atoms with Crippen molar-refractivity contribution in [3.63, 3.8) is 0 Å². The summed E-state index contributed by atoms with van der Waals surface area (Å²) in [6.45, 7) is 2.95. The van der Waals surface area contributed by atoms with Gasteiger partial charge in [0, 0.05) is 11.6 Å². The average Bonchev–Trinajstić information content (AvgIpc) is 2.53. The number of benzene rings is 1. The zero-order valence-corrected chi connectivity index (χ0v) is 12.9. The summed E-state index contributed by atoms with van der Waals surface area (Å²) in [6, 6.07) is 7.09. The highest BCUT2D eigenvalue weighted by molar-refractivity contribution is 5.39. The minimum Gasteiger partial charge on any atom is -0.330 e. The third kappa shape index (κ3) is 3.82. The summed E-state index contributed by atoms with van der Waals surface area (Å²) in [5.41, 5.74) is 7.35. The standard InChI is InChI=1S/C17H26N2O2/c1-2-14-6-5-10-17(12-14,13-18)11-9-15-7-3-4-8-16(15)19(20)21/h3-4,7-8,14H,2,5-6,9-13,18H2,1H3. The third-order valence-electron chi connectivity index (χ3n) is 5.16. The lowest BCUT2D eigenvalue weighted by Crippen LogP contribution is -2.36. The van der Waals surface area contributed by atoms with Crippen LogP contribution in [0.1, 0.15) is 51.0 Å². The fraction of sp³-hybridized carbons (Fsp3) is 0.647. The summed E-state index contributed by atoms with van der Waals surface area (Å²) in [4.78, 5) is 10.8. The molecular weight excluding hydrogens is 264 g/mol. The van der Waals surface area contributed by atoms with Crippen molar-refractivity contribution in [1.82, 2.24) is 0 Å². The van der Waals surface area contributed by atoms with Crippen molar-refractivity contribution >= 4 is 5.69 Å². The molecule has 1 aliphatic rings. The van der Waals surface area contributed by atoms with Crippen molar-refractivity contribution in [3.05, 3.63) is 39.9 Å². The fourth-order valence-corrected chi connectivity index (χ4v) is 3.75. The molecule has 0 bridgehead atoms. The maximum atomic E-state index is 11.1. The third-order valence-corrected chi connectivity index (χ3v) is 5.16. The van der Waals surface area contributed by atoms with Crippen molar-refractivity contribution in [1.29, 1.82) is 0 Å². The highest BCUT2D eigenvalue weighted by Gasteiger charge is 2.34. The van der Waals surface area contributed by atoms with Crippen LogP contribution in [-0.2, 0) is 6.42 Å². The Morgan fingerprint density at radius 1 is 1.43 bits per heavy atom. The van der Waals surface area contributed by atoms with Gasteiger partial charge in [0.25, 0.3) is 5.69 Å². The second kappa shape index (κ2) is 7.03. The van der Waals surface area contributed by atoms with Crippen molar-refractivity contribution in [2.75, 3.05) is 6.54 Å². The lowest BCUT2D eigenvalue weighted by molar-refractivity contribution is -0.385. The summed E-state index contributed by atoms with van der Waals surface area (Å²) in [7, 11) is 0. The first-order valence-electron chi connectivity index (χ1n) is 8.02. The zero-order chi connectivity index (χ0) is 15.3. The molecule has 1 aromatic carbocycles. The van der Waals surface area contributed by atoms with Crippen LogP contribution in [-0.4, -0.2) is 11.5 Å². The molecule has 0 heterocycles. The van der Waals surface area contributed by atoms with Gasteiger partial charge < -0.3 is 5.73 Å². The largest absolute Gasteiger partial charge is 0.330 e. The molecule has 0 aromatic heterocycles. The van der Waals surface area contributed by atoms with Gasteiger partial charge >= 0.3 is 0 Å². The van der Waals surface area contributed by atoms with E-state index in [-0.39, 0.29) is 16.0 Å². The molecule has 0 aliphatic heterocycles. The van der Waals surface area contributed by atoms with Crippen molar-refractivity contribution in [2.45, 2.75) is 51.9 Å². The van der Waals surface area contributed by atoms with E-state index >= 15 is 0 Å². The molecule has 0 radical (unpaired) electrons. The van der Waals surface area contributed by atoms with Gasteiger partial charge in [0.05, 0.1) is 4.92 Å². The highest BCUT2D eigenvalue weighted by Crippen LogP contribution is 2.43. The summed E-state index contributed by atoms with van der Waals surface area (Å²) < 4.78 is 0. The number of hydrogen-bond donors (Lipinski definition) is 1. The Hall–Kier alpha value is -1.42. The molecule has 4 nitrogen and oxygen atoms in total. The monoisotopic (exact) mass is 290 g/mol. The number of nitrogens with two attached hydrogens (primary N) is 1. The van der Waals surface area contributed by atoms with E-state index in [9.17, 15) is 10.1 Å². The number of rotatable bonds is 6. The molecule has 21 heavy (non-hydrogen) atoms. The lowest BCUT2D eigenvalue weighted by Gasteiger charge is -2.40. The average molecular weight is 290 g/mol. The predicted molar refractivity (Wildman–Crippen MR) is 85.2 cm³/mol. The Morgan fingerprint density at radius 3 is 2.86 bits per heavy atom. The van der Waals surface area contributed by atoms with E-state index in [0.29, 0.717) is 6.54 Å². The van der Waals surface area contributed by atoms with Gasteiger partial charge in [0.1, 0.15) is 0 Å². The first-order valence-corrected chi connectivity index (χ1v) is 8.02. The van der Waals surface area contributed by atoms with Crippen LogP contribution >= 0.6 is 0 Å². The van der Waals surface area contributed by atoms with Crippen LogP contribution in [0.4, 0.5) is 5.69 Å². The maximum absolute atomic E-state index is 11.1. The van der Waals surface area contributed by atoms with Crippen LogP contribution in [0.25, 0.3) is 0 Å². The molecule has 2 unspecified atom stereocenters. The van der Waals surface area contributed by atoms with E-state index in [2.05, 4.69) is 6.92 Å². The Morgan fingerprint density at radius 2 is 2.19 bits per heavy atom. The molecule has 2 N–H and O–H groups in total. The summed E-state index contributed by atoms with van der Waals surface area (Å²) in [5.74, 6) is 0.771. The first-order chi connectivity index (χ1) is 10.1. The van der Waals surface area contributed by atoms with Crippen LogP contribution < -0.4 is 5.73 Å². The molecule has 0 amide bonds. The SMILES string of the molecule is CCC1CCCC(CN)(CCc2ccccc2[N+](=O)[O-])C1. The normalized spacial score (nSPS) is 25.7. The van der Waals surface area contributed by atoms with E-state index in [4.69, 9.17) is 5.73 Å². The molecule has 2 atom stereocenters. The predicted octanol–water partition coefficient (Wildman–Crippen LogP) is 4.07. The summed E-state index contributed by atoms with van der Waals surface area (Å²) in [5, 5.41) is 11.1. The molecule has 1 saturated carbocycles. The van der Waals surface area contributed by atoms with Crippen molar-refractivity contribution in [2.24, 2.45) is 17.1 Å². The summed E-state index contributed by atoms with van der Waals surface area (Å²) in [6.07, 6.45) is 7.83. The smallest absolute Gasteiger partial charge is 0.272 e. The van der Waals surface area contributed by atoms with Gasteiger partial charge in [-0.25, -0.2) is 0 Å². The summed E-state index contributed by atoms with van der Waals surface area (Å²) >= 11 is 0. The van der Waals surface area contributed by atoms with E-state index in [1.807, 2.05) is 12.1 Å². The van der Waals surface area contributed by atoms with E-state index < -0.39 is 0 Å². The van der Waals surface area contributed by atoms with Gasteiger partial charge in [-0.3, -0.25) is 10.1 Å². The van der Waals surface area contributed by atoms with Crippen LogP contribution in [0, 0.1) is 21.4 Å². The first kappa shape index (κ1) is 16.0. The molecular formula is C17H26N2O2. The number of aryl methyl sites for hydroxylation is 1. The molecule has 1 fully saturated rings. The van der Waals surface area contributed by atoms with Crippen LogP contribution in [0.15, 0.2) is 24.3 Å². The number of nitro benzene ring substituents is 1. The molecule has 0 spiro atoms. The molecule has 1 aliphatic carbocycles.